The molecule has 1 atom stereocenters. The number of rotatable bonds is 3. The number of carbonyl (C=O) groups excluding carboxylic acids is 2. The second-order valence-corrected chi connectivity index (χ2v) is 5.52. The molecule has 6 heteroatoms. The first kappa shape index (κ1) is 15.0. The van der Waals surface area contributed by atoms with Gasteiger partial charge in [0.25, 0.3) is 5.91 Å². The van der Waals surface area contributed by atoms with E-state index in [2.05, 4.69) is 20.9 Å². The zero-order chi connectivity index (χ0) is 14.5. The molecule has 0 spiro atoms. The molecule has 0 unspecified atom stereocenters. The summed E-state index contributed by atoms with van der Waals surface area (Å²) in [5.74, 6) is -0.506. The van der Waals surface area contributed by atoms with Crippen LogP contribution >= 0.6 is 15.9 Å². The predicted octanol–water partition coefficient (Wildman–Crippen LogP) is 2.26. The minimum atomic E-state index is -0.212. The highest BCUT2D eigenvalue weighted by atomic mass is 79.9. The Balaban J connectivity index is 2.03. The minimum absolute atomic E-state index is 0.0843. The van der Waals surface area contributed by atoms with E-state index in [9.17, 15) is 9.59 Å². The molecule has 0 bridgehead atoms. The van der Waals surface area contributed by atoms with E-state index in [1.165, 1.54) is 0 Å². The lowest BCUT2D eigenvalue weighted by Gasteiger charge is -2.31. The number of carbonyl (C=O) groups is 2. The number of ether oxygens (including phenoxy) is 1. The molecule has 108 valence electrons. The quantitative estimate of drug-likeness (QED) is 0.625. The Morgan fingerprint density at radius 1 is 1.50 bits per heavy atom. The molecule has 1 aromatic rings. The van der Waals surface area contributed by atoms with Crippen molar-refractivity contribution >= 4 is 27.8 Å². The lowest BCUT2D eigenvalue weighted by Crippen LogP contribution is -2.42. The van der Waals surface area contributed by atoms with Crippen molar-refractivity contribution in [2.24, 2.45) is 5.92 Å². The average molecular weight is 341 g/mol. The fraction of sp³-hybridized carbons (Fsp3) is 0.500. The van der Waals surface area contributed by atoms with Gasteiger partial charge >= 0.3 is 5.97 Å². The summed E-state index contributed by atoms with van der Waals surface area (Å²) in [6, 6.07) is 3.47. The Morgan fingerprint density at radius 2 is 2.30 bits per heavy atom. The normalized spacial score (nSPS) is 18.7. The molecular weight excluding hydrogens is 324 g/mol. The van der Waals surface area contributed by atoms with Gasteiger partial charge in [-0.3, -0.25) is 9.59 Å². The Kier molecular flexibility index (Phi) is 5.11. The molecule has 1 aromatic heterocycles. The molecule has 1 fully saturated rings. The summed E-state index contributed by atoms with van der Waals surface area (Å²) in [7, 11) is 0. The molecule has 20 heavy (non-hydrogen) atoms. The van der Waals surface area contributed by atoms with E-state index in [4.69, 9.17) is 4.74 Å². The molecule has 1 amide bonds. The van der Waals surface area contributed by atoms with Gasteiger partial charge in [0.2, 0.25) is 0 Å². The Hall–Kier alpha value is -1.43. The maximum Gasteiger partial charge on any atom is 0.310 e. The topological polar surface area (TPSA) is 59.5 Å². The van der Waals surface area contributed by atoms with Gasteiger partial charge in [0, 0.05) is 19.3 Å². The van der Waals surface area contributed by atoms with Crippen LogP contribution in [0.4, 0.5) is 0 Å². The summed E-state index contributed by atoms with van der Waals surface area (Å²) >= 11 is 3.24. The smallest absolute Gasteiger partial charge is 0.310 e. The zero-order valence-electron chi connectivity index (χ0n) is 11.3. The van der Waals surface area contributed by atoms with Crippen molar-refractivity contribution in [2.45, 2.75) is 19.8 Å². The third kappa shape index (κ3) is 3.56. The van der Waals surface area contributed by atoms with Crippen molar-refractivity contribution in [2.75, 3.05) is 19.7 Å². The van der Waals surface area contributed by atoms with Gasteiger partial charge in [-0.25, -0.2) is 4.98 Å². The van der Waals surface area contributed by atoms with Crippen LogP contribution in [0.1, 0.15) is 30.1 Å². The third-order valence-electron chi connectivity index (χ3n) is 3.30. The average Bonchev–Trinajstić information content (AvgIpc) is 2.48. The maximum atomic E-state index is 12.4. The molecule has 0 aliphatic carbocycles. The SMILES string of the molecule is CCOC(=O)[C@@H]1CCCN(C(=O)c2ccc(Br)nc2)C1. The standard InChI is InChI=1S/C14H17BrN2O3/c1-2-20-14(19)11-4-3-7-17(9-11)13(18)10-5-6-12(15)16-8-10/h5-6,8,11H,2-4,7,9H2,1H3/t11-/m1/s1. The van der Waals surface area contributed by atoms with E-state index >= 15 is 0 Å². The number of esters is 1. The van der Waals surface area contributed by atoms with Gasteiger partial charge in [-0.2, -0.15) is 0 Å². The first-order valence-electron chi connectivity index (χ1n) is 6.69. The largest absolute Gasteiger partial charge is 0.466 e. The number of pyridine rings is 1. The highest BCUT2D eigenvalue weighted by molar-refractivity contribution is 9.10. The Labute approximate surface area is 126 Å². The van der Waals surface area contributed by atoms with E-state index in [-0.39, 0.29) is 17.8 Å². The minimum Gasteiger partial charge on any atom is -0.466 e. The number of halogens is 1. The molecule has 2 heterocycles. The lowest BCUT2D eigenvalue weighted by molar-refractivity contribution is -0.149. The molecule has 1 aliphatic rings. The summed E-state index contributed by atoms with van der Waals surface area (Å²) in [6.45, 7) is 3.26. The van der Waals surface area contributed by atoms with Crippen LogP contribution in [0.2, 0.25) is 0 Å². The summed E-state index contributed by atoms with van der Waals surface area (Å²) < 4.78 is 5.73. The van der Waals surface area contributed by atoms with E-state index in [1.807, 2.05) is 0 Å². The van der Waals surface area contributed by atoms with E-state index < -0.39 is 0 Å². The van der Waals surface area contributed by atoms with Gasteiger partial charge in [-0.05, 0) is 47.8 Å². The van der Waals surface area contributed by atoms with Crippen LogP contribution in [-0.2, 0) is 9.53 Å². The van der Waals surface area contributed by atoms with E-state index in [1.54, 1.807) is 30.2 Å². The number of aromatic nitrogens is 1. The molecule has 1 saturated heterocycles. The molecule has 5 nitrogen and oxygen atoms in total. The van der Waals surface area contributed by atoms with Crippen molar-refractivity contribution in [3.63, 3.8) is 0 Å². The summed E-state index contributed by atoms with van der Waals surface area (Å²) in [5, 5.41) is 0. The predicted molar refractivity (Wildman–Crippen MR) is 77.2 cm³/mol. The van der Waals surface area contributed by atoms with Crippen molar-refractivity contribution in [3.8, 4) is 0 Å². The second-order valence-electron chi connectivity index (χ2n) is 4.71. The second kappa shape index (κ2) is 6.83. The first-order valence-corrected chi connectivity index (χ1v) is 7.48. The van der Waals surface area contributed by atoms with Crippen LogP contribution in [0, 0.1) is 5.92 Å². The van der Waals surface area contributed by atoms with Crippen molar-refractivity contribution in [1.29, 1.82) is 0 Å². The molecule has 1 aliphatic heterocycles. The molecule has 0 saturated carbocycles. The number of hydrogen-bond donors (Lipinski definition) is 0. The van der Waals surface area contributed by atoms with Gasteiger partial charge in [-0.15, -0.1) is 0 Å². The molecule has 2 rings (SSSR count). The number of nitrogens with zero attached hydrogens (tertiary/aromatic N) is 2. The fourth-order valence-corrected chi connectivity index (χ4v) is 2.53. The van der Waals surface area contributed by atoms with Crippen molar-refractivity contribution in [1.82, 2.24) is 9.88 Å². The van der Waals surface area contributed by atoms with Crippen LogP contribution in [0.5, 0.6) is 0 Å². The first-order chi connectivity index (χ1) is 9.61. The van der Waals surface area contributed by atoms with E-state index in [0.717, 1.165) is 12.8 Å². The van der Waals surface area contributed by atoms with Gasteiger partial charge in [-0.1, -0.05) is 0 Å². The Morgan fingerprint density at radius 3 is 2.95 bits per heavy atom. The lowest BCUT2D eigenvalue weighted by atomic mass is 9.97. The number of piperidine rings is 1. The van der Waals surface area contributed by atoms with Gasteiger partial charge in [0.1, 0.15) is 4.60 Å². The molecule has 0 aromatic carbocycles. The van der Waals surface area contributed by atoms with Crippen LogP contribution in [0.25, 0.3) is 0 Å². The summed E-state index contributed by atoms with van der Waals surface area (Å²) in [5.41, 5.74) is 0.540. The van der Waals surface area contributed by atoms with Crippen LogP contribution in [-0.4, -0.2) is 41.5 Å². The van der Waals surface area contributed by atoms with Gasteiger partial charge < -0.3 is 9.64 Å². The number of likely N-dealkylation sites (tertiary alicyclic amines) is 1. The van der Waals surface area contributed by atoms with Crippen LogP contribution < -0.4 is 0 Å². The monoisotopic (exact) mass is 340 g/mol. The highest BCUT2D eigenvalue weighted by Crippen LogP contribution is 2.20. The van der Waals surface area contributed by atoms with E-state index in [0.29, 0.717) is 29.9 Å². The molecular formula is C14H17BrN2O3. The molecule has 0 radical (unpaired) electrons. The fourth-order valence-electron chi connectivity index (χ4n) is 2.30. The Bertz CT molecular complexity index is 490. The van der Waals surface area contributed by atoms with Crippen LogP contribution in [0.15, 0.2) is 22.9 Å². The number of hydrogen-bond acceptors (Lipinski definition) is 4. The van der Waals surface area contributed by atoms with Crippen LogP contribution in [0.3, 0.4) is 0 Å². The van der Waals surface area contributed by atoms with Gasteiger partial charge in [0.05, 0.1) is 18.1 Å². The molecule has 0 N–H and O–H groups in total. The number of amides is 1. The summed E-state index contributed by atoms with van der Waals surface area (Å²) in [6.07, 6.45) is 3.14. The highest BCUT2D eigenvalue weighted by Gasteiger charge is 2.29. The zero-order valence-corrected chi connectivity index (χ0v) is 12.9. The maximum absolute atomic E-state index is 12.4. The van der Waals surface area contributed by atoms with Gasteiger partial charge in [0.15, 0.2) is 0 Å². The van der Waals surface area contributed by atoms with Crippen molar-refractivity contribution < 1.29 is 14.3 Å². The van der Waals surface area contributed by atoms with Crippen molar-refractivity contribution in [3.05, 3.63) is 28.5 Å². The third-order valence-corrected chi connectivity index (χ3v) is 3.77. The summed E-state index contributed by atoms with van der Waals surface area (Å²) in [4.78, 5) is 29.9.